The van der Waals surface area contributed by atoms with Crippen LogP contribution < -0.4 is 0 Å². The lowest BCUT2D eigenvalue weighted by Gasteiger charge is -2.00. The molecule has 0 spiro atoms. The van der Waals surface area contributed by atoms with E-state index < -0.39 is 0 Å². The predicted molar refractivity (Wildman–Crippen MR) is 45.9 cm³/mol. The van der Waals surface area contributed by atoms with Crippen molar-refractivity contribution < 1.29 is 0 Å². The molecular weight excluding hydrogens is 120 g/mol. The molecule has 0 aromatic rings. The van der Waals surface area contributed by atoms with Crippen LogP contribution in [0, 0.1) is 11.8 Å². The highest BCUT2D eigenvalue weighted by molar-refractivity contribution is 4.91. The van der Waals surface area contributed by atoms with Gasteiger partial charge in [0.15, 0.2) is 0 Å². The summed E-state index contributed by atoms with van der Waals surface area (Å²) in [7, 11) is 0. The normalized spacial score (nSPS) is 33.8. The van der Waals surface area contributed by atoms with Crippen molar-refractivity contribution in [3.8, 4) is 0 Å². The maximum atomic E-state index is 2.41. The van der Waals surface area contributed by atoms with Crippen LogP contribution in [0.3, 0.4) is 0 Å². The van der Waals surface area contributed by atoms with Crippen molar-refractivity contribution in [2.24, 2.45) is 11.8 Å². The highest BCUT2D eigenvalue weighted by Gasteiger charge is 2.17. The quantitative estimate of drug-likeness (QED) is 0.513. The maximum absolute atomic E-state index is 2.41. The number of hydrogen-bond acceptors (Lipinski definition) is 0. The van der Waals surface area contributed by atoms with E-state index in [4.69, 9.17) is 0 Å². The van der Waals surface area contributed by atoms with E-state index in [-0.39, 0.29) is 0 Å². The molecule has 1 fully saturated rings. The first-order valence-electron chi connectivity index (χ1n) is 4.49. The second-order valence-corrected chi connectivity index (χ2v) is 3.51. The first-order valence-corrected chi connectivity index (χ1v) is 4.49. The van der Waals surface area contributed by atoms with Crippen LogP contribution in [0.5, 0.6) is 0 Å². The van der Waals surface area contributed by atoms with E-state index in [0.717, 1.165) is 11.8 Å². The van der Waals surface area contributed by atoms with Gasteiger partial charge < -0.3 is 0 Å². The van der Waals surface area contributed by atoms with Gasteiger partial charge in [0.25, 0.3) is 0 Å². The molecule has 0 aromatic heterocycles. The van der Waals surface area contributed by atoms with Crippen molar-refractivity contribution in [2.45, 2.75) is 39.5 Å². The number of hydrogen-bond donors (Lipinski definition) is 0. The monoisotopic (exact) mass is 138 g/mol. The highest BCUT2D eigenvalue weighted by Crippen LogP contribution is 2.30. The lowest BCUT2D eigenvalue weighted by Crippen LogP contribution is -1.88. The molecular formula is C10H18. The van der Waals surface area contributed by atoms with E-state index in [0.29, 0.717) is 0 Å². The molecule has 0 radical (unpaired) electrons. The van der Waals surface area contributed by atoms with Crippen LogP contribution in [-0.4, -0.2) is 0 Å². The Labute approximate surface area is 64.3 Å². The molecule has 0 aliphatic heterocycles. The third-order valence-corrected chi connectivity index (χ3v) is 2.38. The second-order valence-electron chi connectivity index (χ2n) is 3.51. The molecule has 0 heterocycles. The molecule has 1 aliphatic carbocycles. The zero-order chi connectivity index (χ0) is 7.40. The van der Waals surface area contributed by atoms with Gasteiger partial charge in [-0.25, -0.2) is 0 Å². The molecule has 0 amide bonds. The zero-order valence-corrected chi connectivity index (χ0v) is 7.14. The molecule has 1 saturated carbocycles. The summed E-state index contributed by atoms with van der Waals surface area (Å²) in [5, 5.41) is 0. The zero-order valence-electron chi connectivity index (χ0n) is 7.14. The number of rotatable bonds is 2. The molecule has 0 bridgehead atoms. The standard InChI is InChI=1S/C10H18/c1-3-4-5-10-7-6-9(2)8-10/h4-5,9-10H,3,6-8H2,1-2H3/b5-4-/t9-,10+/m0/s1. The van der Waals surface area contributed by atoms with Gasteiger partial charge in [-0.05, 0) is 31.1 Å². The Hall–Kier alpha value is -0.260. The first-order chi connectivity index (χ1) is 4.83. The van der Waals surface area contributed by atoms with Crippen LogP contribution in [0.15, 0.2) is 12.2 Å². The molecule has 0 N–H and O–H groups in total. The Balaban J connectivity index is 2.24. The topological polar surface area (TPSA) is 0 Å². The van der Waals surface area contributed by atoms with Gasteiger partial charge >= 0.3 is 0 Å². The molecule has 1 rings (SSSR count). The Morgan fingerprint density at radius 1 is 1.40 bits per heavy atom. The van der Waals surface area contributed by atoms with Crippen LogP contribution in [0.2, 0.25) is 0 Å². The van der Waals surface area contributed by atoms with E-state index in [2.05, 4.69) is 26.0 Å². The summed E-state index contributed by atoms with van der Waals surface area (Å²) in [6, 6.07) is 0. The fraction of sp³-hybridized carbons (Fsp3) is 0.800. The van der Waals surface area contributed by atoms with Gasteiger partial charge in [-0.3, -0.25) is 0 Å². The fourth-order valence-corrected chi connectivity index (χ4v) is 1.75. The summed E-state index contributed by atoms with van der Waals surface area (Å²) in [5.41, 5.74) is 0. The maximum Gasteiger partial charge on any atom is -0.0231 e. The molecule has 1 aliphatic rings. The lowest BCUT2D eigenvalue weighted by atomic mass is 10.1. The van der Waals surface area contributed by atoms with E-state index in [1.165, 1.54) is 25.7 Å². The van der Waals surface area contributed by atoms with Crippen molar-refractivity contribution in [2.75, 3.05) is 0 Å². The summed E-state index contributed by atoms with van der Waals surface area (Å²) in [6.45, 7) is 4.56. The van der Waals surface area contributed by atoms with Gasteiger partial charge in [0.1, 0.15) is 0 Å². The van der Waals surface area contributed by atoms with E-state index in [1.807, 2.05) is 0 Å². The van der Waals surface area contributed by atoms with Crippen molar-refractivity contribution in [1.82, 2.24) is 0 Å². The molecule has 58 valence electrons. The Kier molecular flexibility index (Phi) is 2.98. The largest absolute Gasteiger partial charge is 0.0885 e. The minimum atomic E-state index is 0.912. The predicted octanol–water partition coefficient (Wildman–Crippen LogP) is 3.39. The third-order valence-electron chi connectivity index (χ3n) is 2.38. The Morgan fingerprint density at radius 3 is 2.70 bits per heavy atom. The molecule has 0 heteroatoms. The smallest absolute Gasteiger partial charge is 0.0231 e. The summed E-state index contributed by atoms with van der Waals surface area (Å²) in [5.74, 6) is 1.89. The van der Waals surface area contributed by atoms with Crippen molar-refractivity contribution in [3.63, 3.8) is 0 Å². The third kappa shape index (κ3) is 2.17. The van der Waals surface area contributed by atoms with Crippen LogP contribution in [-0.2, 0) is 0 Å². The van der Waals surface area contributed by atoms with E-state index >= 15 is 0 Å². The Bertz CT molecular complexity index is 113. The van der Waals surface area contributed by atoms with Crippen LogP contribution in [0.25, 0.3) is 0 Å². The molecule has 10 heavy (non-hydrogen) atoms. The van der Waals surface area contributed by atoms with Gasteiger partial charge in [0.2, 0.25) is 0 Å². The SMILES string of the molecule is CC/C=C\[C@@H]1CC[C@H](C)C1. The molecule has 0 saturated heterocycles. The molecule has 0 nitrogen and oxygen atoms in total. The summed E-state index contributed by atoms with van der Waals surface area (Å²) < 4.78 is 0. The van der Waals surface area contributed by atoms with Gasteiger partial charge in [-0.1, -0.05) is 32.4 Å². The first kappa shape index (κ1) is 7.84. The average molecular weight is 138 g/mol. The minimum Gasteiger partial charge on any atom is -0.0885 e. The van der Waals surface area contributed by atoms with Crippen molar-refractivity contribution >= 4 is 0 Å². The fourth-order valence-electron chi connectivity index (χ4n) is 1.75. The lowest BCUT2D eigenvalue weighted by molar-refractivity contribution is 0.585. The summed E-state index contributed by atoms with van der Waals surface area (Å²) in [4.78, 5) is 0. The molecule has 2 atom stereocenters. The van der Waals surface area contributed by atoms with Crippen molar-refractivity contribution in [1.29, 1.82) is 0 Å². The average Bonchev–Trinajstić information content (AvgIpc) is 2.31. The van der Waals surface area contributed by atoms with E-state index in [1.54, 1.807) is 0 Å². The van der Waals surface area contributed by atoms with Crippen LogP contribution in [0.1, 0.15) is 39.5 Å². The molecule has 0 unspecified atom stereocenters. The number of allylic oxidation sites excluding steroid dienone is 2. The highest BCUT2D eigenvalue weighted by atomic mass is 14.2. The van der Waals surface area contributed by atoms with Crippen molar-refractivity contribution in [3.05, 3.63) is 12.2 Å². The van der Waals surface area contributed by atoms with Crippen LogP contribution in [0.4, 0.5) is 0 Å². The molecule has 0 aromatic carbocycles. The van der Waals surface area contributed by atoms with Crippen LogP contribution >= 0.6 is 0 Å². The van der Waals surface area contributed by atoms with Gasteiger partial charge in [0, 0.05) is 0 Å². The van der Waals surface area contributed by atoms with E-state index in [9.17, 15) is 0 Å². The summed E-state index contributed by atoms with van der Waals surface area (Å²) >= 11 is 0. The Morgan fingerprint density at radius 2 is 2.20 bits per heavy atom. The minimum absolute atomic E-state index is 0.912. The summed E-state index contributed by atoms with van der Waals surface area (Å²) in [6.07, 6.45) is 10.2. The van der Waals surface area contributed by atoms with Gasteiger partial charge in [-0.15, -0.1) is 0 Å². The van der Waals surface area contributed by atoms with Gasteiger partial charge in [0.05, 0.1) is 0 Å². The van der Waals surface area contributed by atoms with Gasteiger partial charge in [-0.2, -0.15) is 0 Å². The second kappa shape index (κ2) is 3.80.